The third-order valence-electron chi connectivity index (χ3n) is 3.08. The first-order chi connectivity index (χ1) is 4.77. The van der Waals surface area contributed by atoms with Crippen LogP contribution in [0.15, 0.2) is 0 Å². The van der Waals surface area contributed by atoms with Crippen LogP contribution < -0.4 is 0 Å². The van der Waals surface area contributed by atoms with Crippen molar-refractivity contribution in [1.82, 2.24) is 4.90 Å². The molecule has 0 unspecified atom stereocenters. The smallest absolute Gasteiger partial charge is 0.179 e. The number of hydrogen-bond donors (Lipinski definition) is 0. The highest BCUT2D eigenvalue weighted by atomic mass is 15.2. The van der Waals surface area contributed by atoms with E-state index in [-0.39, 0.29) is 0 Å². The van der Waals surface area contributed by atoms with Gasteiger partial charge in [-0.25, -0.2) is 0 Å². The van der Waals surface area contributed by atoms with E-state index in [1.165, 1.54) is 12.8 Å². The number of hydrogen-bond acceptors (Lipinski definition) is 2. The Morgan fingerprint density at radius 2 is 2.30 bits per heavy atom. The molecule has 0 radical (unpaired) electrons. The SMILES string of the molecule is C[C@H]1CN(C#N)CC12CC2. The van der Waals surface area contributed by atoms with Gasteiger partial charge in [-0.2, -0.15) is 5.26 Å². The van der Waals surface area contributed by atoms with Crippen LogP contribution in [0.5, 0.6) is 0 Å². The molecule has 1 aliphatic heterocycles. The van der Waals surface area contributed by atoms with Crippen molar-refractivity contribution in [3.8, 4) is 6.19 Å². The largest absolute Gasteiger partial charge is 0.310 e. The average Bonchev–Trinajstić information content (AvgIpc) is 2.60. The fourth-order valence-electron chi connectivity index (χ4n) is 2.01. The van der Waals surface area contributed by atoms with E-state index in [9.17, 15) is 0 Å². The third-order valence-corrected chi connectivity index (χ3v) is 3.08. The molecular formula is C8H12N2. The third kappa shape index (κ3) is 0.636. The molecular weight excluding hydrogens is 124 g/mol. The second kappa shape index (κ2) is 1.66. The van der Waals surface area contributed by atoms with Crippen molar-refractivity contribution < 1.29 is 0 Å². The second-order valence-electron chi connectivity index (χ2n) is 3.74. The Bertz CT molecular complexity index is 188. The van der Waals surface area contributed by atoms with Crippen LogP contribution in [-0.4, -0.2) is 18.0 Å². The first kappa shape index (κ1) is 6.03. The first-order valence-electron chi connectivity index (χ1n) is 3.91. The molecule has 2 aliphatic rings. The van der Waals surface area contributed by atoms with Crippen molar-refractivity contribution in [3.05, 3.63) is 0 Å². The summed E-state index contributed by atoms with van der Waals surface area (Å²) in [5, 5.41) is 8.62. The van der Waals surface area contributed by atoms with Crippen molar-refractivity contribution >= 4 is 0 Å². The van der Waals surface area contributed by atoms with Gasteiger partial charge in [0.25, 0.3) is 0 Å². The highest BCUT2D eigenvalue weighted by Gasteiger charge is 2.52. The monoisotopic (exact) mass is 136 g/mol. The van der Waals surface area contributed by atoms with E-state index in [2.05, 4.69) is 13.1 Å². The Hall–Kier alpha value is -0.710. The molecule has 54 valence electrons. The van der Waals surface area contributed by atoms with Crippen LogP contribution in [0.4, 0.5) is 0 Å². The maximum atomic E-state index is 8.62. The summed E-state index contributed by atoms with van der Waals surface area (Å²) in [4.78, 5) is 1.90. The van der Waals surface area contributed by atoms with Gasteiger partial charge >= 0.3 is 0 Å². The van der Waals surface area contributed by atoms with Gasteiger partial charge in [-0.3, -0.25) is 0 Å². The lowest BCUT2D eigenvalue weighted by molar-refractivity contribution is 0.425. The Morgan fingerprint density at radius 3 is 2.60 bits per heavy atom. The van der Waals surface area contributed by atoms with Gasteiger partial charge in [-0.15, -0.1) is 0 Å². The topological polar surface area (TPSA) is 27.0 Å². The van der Waals surface area contributed by atoms with Crippen LogP contribution in [0.1, 0.15) is 19.8 Å². The molecule has 0 aromatic heterocycles. The molecule has 2 fully saturated rings. The molecule has 1 atom stereocenters. The maximum absolute atomic E-state index is 8.62. The summed E-state index contributed by atoms with van der Waals surface area (Å²) in [6.45, 7) is 4.30. The molecule has 0 aromatic rings. The second-order valence-corrected chi connectivity index (χ2v) is 3.74. The molecule has 0 N–H and O–H groups in total. The van der Waals surface area contributed by atoms with E-state index < -0.39 is 0 Å². The minimum Gasteiger partial charge on any atom is -0.310 e. The van der Waals surface area contributed by atoms with Gasteiger partial charge in [-0.05, 0) is 24.2 Å². The number of likely N-dealkylation sites (tertiary alicyclic amines) is 1. The molecule has 1 heterocycles. The van der Waals surface area contributed by atoms with Crippen LogP contribution in [0, 0.1) is 22.8 Å². The normalized spacial score (nSPS) is 34.4. The fraction of sp³-hybridized carbons (Fsp3) is 0.875. The van der Waals surface area contributed by atoms with E-state index in [4.69, 9.17) is 5.26 Å². The molecule has 0 bridgehead atoms. The Balaban J connectivity index is 2.10. The van der Waals surface area contributed by atoms with Gasteiger partial charge in [0.2, 0.25) is 0 Å². The quantitative estimate of drug-likeness (QED) is 0.468. The minimum atomic E-state index is 0.579. The van der Waals surface area contributed by atoms with Crippen molar-refractivity contribution in [1.29, 1.82) is 5.26 Å². The molecule has 10 heavy (non-hydrogen) atoms. The van der Waals surface area contributed by atoms with Gasteiger partial charge in [-0.1, -0.05) is 6.92 Å². The lowest BCUT2D eigenvalue weighted by Gasteiger charge is -2.07. The Kier molecular flexibility index (Phi) is 1.00. The molecule has 0 amide bonds. The lowest BCUT2D eigenvalue weighted by atomic mass is 9.95. The number of rotatable bonds is 0. The van der Waals surface area contributed by atoms with E-state index >= 15 is 0 Å². The van der Waals surface area contributed by atoms with Crippen molar-refractivity contribution in [3.63, 3.8) is 0 Å². The summed E-state index contributed by atoms with van der Waals surface area (Å²) in [6.07, 6.45) is 4.93. The van der Waals surface area contributed by atoms with E-state index in [1.54, 1.807) is 0 Å². The lowest BCUT2D eigenvalue weighted by Crippen LogP contribution is -2.13. The van der Waals surface area contributed by atoms with Crippen LogP contribution in [0.25, 0.3) is 0 Å². The Labute approximate surface area is 61.4 Å². The summed E-state index contributed by atoms with van der Waals surface area (Å²) < 4.78 is 0. The zero-order valence-corrected chi connectivity index (χ0v) is 6.30. The highest BCUT2D eigenvalue weighted by Crippen LogP contribution is 2.55. The van der Waals surface area contributed by atoms with Gasteiger partial charge in [0.1, 0.15) is 0 Å². The average molecular weight is 136 g/mol. The van der Waals surface area contributed by atoms with E-state index in [1.807, 2.05) is 4.90 Å². The maximum Gasteiger partial charge on any atom is 0.179 e. The first-order valence-corrected chi connectivity index (χ1v) is 3.91. The molecule has 2 rings (SSSR count). The van der Waals surface area contributed by atoms with Gasteiger partial charge in [0.15, 0.2) is 6.19 Å². The van der Waals surface area contributed by atoms with Gasteiger partial charge in [0, 0.05) is 13.1 Å². The van der Waals surface area contributed by atoms with Crippen LogP contribution in [0.2, 0.25) is 0 Å². The van der Waals surface area contributed by atoms with Crippen molar-refractivity contribution in [2.24, 2.45) is 11.3 Å². The van der Waals surface area contributed by atoms with E-state index in [0.29, 0.717) is 5.41 Å². The number of nitrogens with zero attached hydrogens (tertiary/aromatic N) is 2. The van der Waals surface area contributed by atoms with Crippen molar-refractivity contribution in [2.45, 2.75) is 19.8 Å². The molecule has 1 spiro atoms. The van der Waals surface area contributed by atoms with Crippen LogP contribution in [-0.2, 0) is 0 Å². The summed E-state index contributed by atoms with van der Waals surface area (Å²) in [6, 6.07) is 0. The fourth-order valence-corrected chi connectivity index (χ4v) is 2.01. The molecule has 0 aromatic carbocycles. The van der Waals surface area contributed by atoms with Crippen LogP contribution >= 0.6 is 0 Å². The molecule has 1 saturated heterocycles. The molecule has 2 nitrogen and oxygen atoms in total. The summed E-state index contributed by atoms with van der Waals surface area (Å²) in [7, 11) is 0. The van der Waals surface area contributed by atoms with Gasteiger partial charge < -0.3 is 4.90 Å². The summed E-state index contributed by atoms with van der Waals surface area (Å²) >= 11 is 0. The highest BCUT2D eigenvalue weighted by molar-refractivity contribution is 5.06. The van der Waals surface area contributed by atoms with Crippen molar-refractivity contribution in [2.75, 3.05) is 13.1 Å². The summed E-state index contributed by atoms with van der Waals surface area (Å²) in [5.41, 5.74) is 0.579. The van der Waals surface area contributed by atoms with E-state index in [0.717, 1.165) is 19.0 Å². The molecule has 2 heteroatoms. The minimum absolute atomic E-state index is 0.579. The standard InChI is InChI=1S/C8H12N2/c1-7-4-10(6-9)5-8(7)2-3-8/h7H,2-5H2,1H3/t7-/m0/s1. The molecule has 1 aliphatic carbocycles. The zero-order chi connectivity index (χ0) is 7.19. The Morgan fingerprint density at radius 1 is 1.60 bits per heavy atom. The predicted octanol–water partition coefficient (Wildman–Crippen LogP) is 1.20. The zero-order valence-electron chi connectivity index (χ0n) is 6.30. The summed E-state index contributed by atoms with van der Waals surface area (Å²) in [5.74, 6) is 0.757. The predicted molar refractivity (Wildman–Crippen MR) is 38.0 cm³/mol. The van der Waals surface area contributed by atoms with Gasteiger partial charge in [0.05, 0.1) is 0 Å². The van der Waals surface area contributed by atoms with Crippen LogP contribution in [0.3, 0.4) is 0 Å². The number of nitriles is 1. The molecule has 1 saturated carbocycles.